The van der Waals surface area contributed by atoms with Gasteiger partial charge in [0.2, 0.25) is 0 Å². The third-order valence-electron chi connectivity index (χ3n) is 4.11. The molecule has 9 heteroatoms. The van der Waals surface area contributed by atoms with Crippen LogP contribution < -0.4 is 0 Å². The fourth-order valence-electron chi connectivity index (χ4n) is 2.82. The summed E-state index contributed by atoms with van der Waals surface area (Å²) in [6, 6.07) is 15.3. The average molecular weight is 457 g/mol. The number of thiol groups is 1. The van der Waals surface area contributed by atoms with Crippen molar-refractivity contribution in [1.29, 1.82) is 0 Å². The molecule has 4 nitrogen and oxygen atoms in total. The molecule has 0 fully saturated rings. The Labute approximate surface area is 171 Å². The van der Waals surface area contributed by atoms with E-state index in [-0.39, 0.29) is 9.79 Å². The summed E-state index contributed by atoms with van der Waals surface area (Å²) >= 11 is 0. The Balaban J connectivity index is 2.29. The van der Waals surface area contributed by atoms with Gasteiger partial charge >= 0.3 is 0 Å². The second-order valence-electron chi connectivity index (χ2n) is 6.50. The molecule has 0 amide bonds. The first-order valence-electron chi connectivity index (χ1n) is 8.31. The van der Waals surface area contributed by atoms with Crippen molar-refractivity contribution in [3.05, 3.63) is 78.4 Å². The van der Waals surface area contributed by atoms with Crippen LogP contribution in [0.5, 0.6) is 0 Å². The normalized spacial score (nSPS) is 12.6. The van der Waals surface area contributed by atoms with Crippen molar-refractivity contribution < 1.29 is 25.6 Å². The number of benzene rings is 3. The Hall–Kier alpha value is -2.23. The summed E-state index contributed by atoms with van der Waals surface area (Å²) in [6.07, 6.45) is 2.14. The average Bonchev–Trinajstić information content (AvgIpc) is 2.60. The van der Waals surface area contributed by atoms with Gasteiger partial charge in [-0.25, -0.2) is 25.6 Å². The second-order valence-corrected chi connectivity index (χ2v) is 12.8. The first-order valence-corrected chi connectivity index (χ1v) is 13.4. The maximum Gasteiger partial charge on any atom is 0.175 e. The summed E-state index contributed by atoms with van der Waals surface area (Å²) in [5.74, 6) is -1.54. The van der Waals surface area contributed by atoms with Crippen LogP contribution in [0.25, 0.3) is 0 Å². The summed E-state index contributed by atoms with van der Waals surface area (Å²) in [5.41, 5.74) is 0. The van der Waals surface area contributed by atoms with Crippen LogP contribution in [0, 0.1) is 11.6 Å². The van der Waals surface area contributed by atoms with E-state index < -0.39 is 42.2 Å². The van der Waals surface area contributed by atoms with Gasteiger partial charge in [-0.1, -0.05) is 12.1 Å². The highest BCUT2D eigenvalue weighted by Crippen LogP contribution is 2.52. The van der Waals surface area contributed by atoms with Gasteiger partial charge in [-0.05, 0) is 58.3 Å². The van der Waals surface area contributed by atoms with Gasteiger partial charge in [0.1, 0.15) is 11.6 Å². The molecule has 3 rings (SSSR count). The van der Waals surface area contributed by atoms with Crippen molar-refractivity contribution in [3.8, 4) is 0 Å². The van der Waals surface area contributed by atoms with E-state index in [4.69, 9.17) is 0 Å². The monoisotopic (exact) mass is 456 g/mol. The zero-order chi connectivity index (χ0) is 21.4. The van der Waals surface area contributed by atoms with E-state index in [1.54, 1.807) is 24.3 Å². The van der Waals surface area contributed by atoms with Crippen LogP contribution in [0.4, 0.5) is 8.78 Å². The predicted octanol–water partition coefficient (Wildman–Crippen LogP) is 4.25. The first kappa shape index (κ1) is 21.5. The van der Waals surface area contributed by atoms with Crippen LogP contribution in [0.2, 0.25) is 0 Å². The highest BCUT2D eigenvalue weighted by atomic mass is 32.2. The molecule has 0 aromatic heterocycles. The molecule has 0 radical (unpaired) electrons. The molecule has 3 aromatic carbocycles. The smallest absolute Gasteiger partial charge is 0.175 e. The lowest BCUT2D eigenvalue weighted by Crippen LogP contribution is -2.00. The zero-order valence-corrected chi connectivity index (χ0v) is 18.0. The van der Waals surface area contributed by atoms with Gasteiger partial charge in [0.25, 0.3) is 0 Å². The number of sulfone groups is 2. The van der Waals surface area contributed by atoms with Crippen molar-refractivity contribution in [2.45, 2.75) is 24.5 Å². The molecular formula is C20H18F2O4S3. The van der Waals surface area contributed by atoms with Gasteiger partial charge in [0, 0.05) is 23.5 Å². The molecule has 0 heterocycles. The third-order valence-corrected chi connectivity index (χ3v) is 8.70. The van der Waals surface area contributed by atoms with Crippen molar-refractivity contribution in [2.24, 2.45) is 0 Å². The standard InChI is InChI=1S/C20H18F2O4S3/c1-28(23,24)19-7-3-5-16(12-19)27(18-10-14(21)9-15(22)11-18)17-6-4-8-20(13-17)29(2,25)26/h3-13,27H,1-2H3. The van der Waals surface area contributed by atoms with E-state index in [1.807, 2.05) is 0 Å². The Morgan fingerprint density at radius 2 is 1.03 bits per heavy atom. The van der Waals surface area contributed by atoms with Crippen LogP contribution >= 0.6 is 10.9 Å². The first-order chi connectivity index (χ1) is 13.4. The van der Waals surface area contributed by atoms with Crippen molar-refractivity contribution >= 4 is 30.6 Å². The van der Waals surface area contributed by atoms with E-state index in [1.165, 1.54) is 36.4 Å². The van der Waals surface area contributed by atoms with Crippen LogP contribution in [0.1, 0.15) is 0 Å². The minimum atomic E-state index is -3.50. The largest absolute Gasteiger partial charge is 0.224 e. The Bertz CT molecular complexity index is 1190. The van der Waals surface area contributed by atoms with E-state index in [0.717, 1.165) is 18.6 Å². The number of hydrogen-bond acceptors (Lipinski definition) is 4. The van der Waals surface area contributed by atoms with Gasteiger partial charge < -0.3 is 0 Å². The highest BCUT2D eigenvalue weighted by Gasteiger charge is 2.19. The van der Waals surface area contributed by atoms with E-state index in [0.29, 0.717) is 14.7 Å². The maximum atomic E-state index is 13.9. The molecule has 0 N–H and O–H groups in total. The van der Waals surface area contributed by atoms with Gasteiger partial charge in [-0.3, -0.25) is 0 Å². The third kappa shape index (κ3) is 5.04. The summed E-state index contributed by atoms with van der Waals surface area (Å²) in [7, 11) is -8.62. The van der Waals surface area contributed by atoms with Crippen LogP contribution in [0.15, 0.2) is 91.2 Å². The molecule has 0 spiro atoms. The molecule has 0 saturated heterocycles. The topological polar surface area (TPSA) is 68.3 Å². The fourth-order valence-corrected chi connectivity index (χ4v) is 6.74. The second kappa shape index (κ2) is 7.89. The lowest BCUT2D eigenvalue weighted by atomic mass is 10.3. The van der Waals surface area contributed by atoms with E-state index in [9.17, 15) is 25.6 Å². The van der Waals surface area contributed by atoms with Gasteiger partial charge in [0.05, 0.1) is 9.79 Å². The summed E-state index contributed by atoms with van der Waals surface area (Å²) < 4.78 is 75.8. The number of hydrogen-bond donors (Lipinski definition) is 1. The predicted molar refractivity (Wildman–Crippen MR) is 109 cm³/mol. The Morgan fingerprint density at radius 3 is 1.41 bits per heavy atom. The molecular weight excluding hydrogens is 438 g/mol. The molecule has 0 atom stereocenters. The van der Waals surface area contributed by atoms with E-state index >= 15 is 0 Å². The SMILES string of the molecule is CS(=O)(=O)c1cccc([SH](c2cc(F)cc(F)c2)c2cccc(S(C)(=O)=O)c2)c1. The van der Waals surface area contributed by atoms with Crippen molar-refractivity contribution in [2.75, 3.05) is 12.5 Å². The molecule has 0 aliphatic rings. The molecule has 0 unspecified atom stereocenters. The lowest BCUT2D eigenvalue weighted by molar-refractivity contribution is 0.577. The Kier molecular flexibility index (Phi) is 5.84. The van der Waals surface area contributed by atoms with Crippen LogP contribution in [-0.4, -0.2) is 29.3 Å². The van der Waals surface area contributed by atoms with Gasteiger partial charge in [-0.15, -0.1) is 0 Å². The van der Waals surface area contributed by atoms with Gasteiger partial charge in [-0.2, -0.15) is 10.9 Å². The minimum Gasteiger partial charge on any atom is -0.224 e. The number of halogens is 2. The number of rotatable bonds is 5. The van der Waals surface area contributed by atoms with Crippen molar-refractivity contribution in [3.63, 3.8) is 0 Å². The molecule has 3 aromatic rings. The molecule has 154 valence electrons. The zero-order valence-electron chi connectivity index (χ0n) is 15.5. The molecule has 0 saturated carbocycles. The summed E-state index contributed by atoms with van der Waals surface area (Å²) in [4.78, 5) is 1.49. The lowest BCUT2D eigenvalue weighted by Gasteiger charge is -2.24. The molecule has 29 heavy (non-hydrogen) atoms. The molecule has 0 aliphatic carbocycles. The van der Waals surface area contributed by atoms with Crippen LogP contribution in [-0.2, 0) is 19.7 Å². The maximum absolute atomic E-state index is 13.9. The fraction of sp³-hybridized carbons (Fsp3) is 0.100. The molecule has 0 bridgehead atoms. The minimum absolute atomic E-state index is 0.0682. The summed E-state index contributed by atoms with van der Waals surface area (Å²) in [6.45, 7) is 0. The van der Waals surface area contributed by atoms with E-state index in [2.05, 4.69) is 0 Å². The molecule has 0 aliphatic heterocycles. The van der Waals surface area contributed by atoms with Gasteiger partial charge in [0.15, 0.2) is 19.7 Å². The van der Waals surface area contributed by atoms with Crippen molar-refractivity contribution in [1.82, 2.24) is 0 Å². The quantitative estimate of drug-likeness (QED) is 0.583. The Morgan fingerprint density at radius 1 is 0.621 bits per heavy atom. The highest BCUT2D eigenvalue weighted by molar-refractivity contribution is 8.17. The summed E-state index contributed by atoms with van der Waals surface area (Å²) in [5, 5.41) is 0. The van der Waals surface area contributed by atoms with Crippen LogP contribution in [0.3, 0.4) is 0 Å².